The van der Waals surface area contributed by atoms with Crippen molar-refractivity contribution in [2.45, 2.75) is 89.6 Å². The van der Waals surface area contributed by atoms with Gasteiger partial charge in [-0.2, -0.15) is 0 Å². The molecule has 1 amide bonds. The number of likely N-dealkylation sites (tertiary alicyclic amines) is 1. The molecule has 2 aliphatic rings. The highest BCUT2D eigenvalue weighted by molar-refractivity contribution is 5.91. The molecule has 0 radical (unpaired) electrons. The van der Waals surface area contributed by atoms with Crippen molar-refractivity contribution >= 4 is 11.9 Å². The summed E-state index contributed by atoms with van der Waals surface area (Å²) in [7, 11) is 1.63. The number of unbranched alkanes of at least 4 members (excludes halogenated alkanes) is 1. The molecular weight excluding hydrogens is 470 g/mol. The van der Waals surface area contributed by atoms with Crippen LogP contribution in [0.4, 0.5) is 0 Å². The number of carboxylic acid groups (broad SMARTS) is 1. The number of amides is 1. The zero-order valence-electron chi connectivity index (χ0n) is 22.0. The number of methoxy groups -OCH3 is 1. The minimum absolute atomic E-state index is 0.0180. The maximum atomic E-state index is 12.6. The van der Waals surface area contributed by atoms with Crippen LogP contribution in [0.3, 0.4) is 0 Å². The zero-order valence-corrected chi connectivity index (χ0v) is 22.0. The maximum absolute atomic E-state index is 12.6. The number of hydrogen-bond donors (Lipinski definition) is 2. The van der Waals surface area contributed by atoms with Gasteiger partial charge < -0.3 is 19.6 Å². The van der Waals surface area contributed by atoms with Crippen LogP contribution in [0.15, 0.2) is 28.9 Å². The van der Waals surface area contributed by atoms with Gasteiger partial charge >= 0.3 is 5.97 Å². The Morgan fingerprint density at radius 1 is 1.14 bits per heavy atom. The largest absolute Gasteiger partial charge is 0.497 e. The van der Waals surface area contributed by atoms with E-state index in [1.165, 1.54) is 44.8 Å². The molecule has 0 bridgehead atoms. The molecule has 8 nitrogen and oxygen atoms in total. The minimum Gasteiger partial charge on any atom is -0.497 e. The monoisotopic (exact) mass is 511 g/mol. The number of rotatable bonds is 13. The Balaban J connectivity index is 1.30. The molecule has 1 aromatic carbocycles. The Hall–Kier alpha value is -2.87. The van der Waals surface area contributed by atoms with Crippen molar-refractivity contribution in [3.8, 4) is 5.75 Å². The third kappa shape index (κ3) is 7.81. The summed E-state index contributed by atoms with van der Waals surface area (Å²) < 4.78 is 11.2. The van der Waals surface area contributed by atoms with Crippen LogP contribution in [0, 0.1) is 5.92 Å². The minimum atomic E-state index is -0.810. The van der Waals surface area contributed by atoms with E-state index in [0.717, 1.165) is 55.0 Å². The molecule has 2 heterocycles. The Kier molecular flexibility index (Phi) is 9.99. The fourth-order valence-electron chi connectivity index (χ4n) is 5.75. The topological polar surface area (TPSA) is 105 Å². The van der Waals surface area contributed by atoms with Gasteiger partial charge in [0.25, 0.3) is 5.91 Å². The van der Waals surface area contributed by atoms with Crippen LogP contribution in [-0.4, -0.2) is 47.1 Å². The van der Waals surface area contributed by atoms with E-state index in [-0.39, 0.29) is 18.4 Å². The van der Waals surface area contributed by atoms with Gasteiger partial charge in [-0.3, -0.25) is 14.5 Å². The lowest BCUT2D eigenvalue weighted by Crippen LogP contribution is -2.26. The van der Waals surface area contributed by atoms with Gasteiger partial charge in [-0.15, -0.1) is 0 Å². The lowest BCUT2D eigenvalue weighted by atomic mass is 9.86. The SMILES string of the molecule is COc1ccc(CCC(=O)O)c(CN2CCC[C@H]2c2nc(C(=O)NCCCCC3CCCCC3)co2)c1. The van der Waals surface area contributed by atoms with Crippen LogP contribution in [0.5, 0.6) is 5.75 Å². The first-order chi connectivity index (χ1) is 18.0. The number of carbonyl (C=O) groups excluding carboxylic acids is 1. The smallest absolute Gasteiger partial charge is 0.303 e. The molecule has 1 aliphatic heterocycles. The molecule has 2 N–H and O–H groups in total. The van der Waals surface area contributed by atoms with Crippen LogP contribution in [-0.2, 0) is 17.8 Å². The van der Waals surface area contributed by atoms with E-state index in [1.54, 1.807) is 7.11 Å². The summed E-state index contributed by atoms with van der Waals surface area (Å²) in [5.41, 5.74) is 2.38. The molecule has 202 valence electrons. The van der Waals surface area contributed by atoms with E-state index in [4.69, 9.17) is 14.3 Å². The van der Waals surface area contributed by atoms with Gasteiger partial charge in [-0.05, 0) is 61.4 Å². The van der Waals surface area contributed by atoms with E-state index in [0.29, 0.717) is 31.1 Å². The second-order valence-electron chi connectivity index (χ2n) is 10.5. The van der Waals surface area contributed by atoms with Crippen molar-refractivity contribution in [1.82, 2.24) is 15.2 Å². The number of aromatic nitrogens is 1. The Morgan fingerprint density at radius 2 is 1.97 bits per heavy atom. The van der Waals surface area contributed by atoms with Crippen molar-refractivity contribution in [2.24, 2.45) is 5.92 Å². The van der Waals surface area contributed by atoms with E-state index in [1.807, 2.05) is 18.2 Å². The highest BCUT2D eigenvalue weighted by atomic mass is 16.5. The van der Waals surface area contributed by atoms with Gasteiger partial charge in [-0.25, -0.2) is 4.98 Å². The second kappa shape index (κ2) is 13.6. The molecule has 8 heteroatoms. The van der Waals surface area contributed by atoms with Gasteiger partial charge in [-0.1, -0.05) is 51.0 Å². The normalized spacial score (nSPS) is 18.7. The number of aryl methyl sites for hydroxylation is 1. The fraction of sp³-hybridized carbons (Fsp3) is 0.621. The summed E-state index contributed by atoms with van der Waals surface area (Å²) >= 11 is 0. The van der Waals surface area contributed by atoms with Crippen molar-refractivity contribution < 1.29 is 23.8 Å². The molecule has 1 aliphatic carbocycles. The predicted molar refractivity (Wildman–Crippen MR) is 141 cm³/mol. The lowest BCUT2D eigenvalue weighted by molar-refractivity contribution is -0.136. The van der Waals surface area contributed by atoms with Gasteiger partial charge in [0.2, 0.25) is 5.89 Å². The summed E-state index contributed by atoms with van der Waals surface area (Å²) in [5, 5.41) is 12.1. The molecule has 0 spiro atoms. The van der Waals surface area contributed by atoms with Crippen LogP contribution < -0.4 is 10.1 Å². The number of carboxylic acids is 1. The Labute approximate surface area is 219 Å². The van der Waals surface area contributed by atoms with E-state index in [2.05, 4.69) is 15.2 Å². The number of aliphatic carboxylic acids is 1. The predicted octanol–water partition coefficient (Wildman–Crippen LogP) is 5.52. The molecule has 1 saturated carbocycles. The molecule has 1 saturated heterocycles. The summed E-state index contributed by atoms with van der Waals surface area (Å²) in [6.07, 6.45) is 14.2. The first-order valence-corrected chi connectivity index (χ1v) is 13.9. The van der Waals surface area contributed by atoms with Gasteiger partial charge in [0.1, 0.15) is 12.0 Å². The molecule has 2 aromatic rings. The highest BCUT2D eigenvalue weighted by Gasteiger charge is 2.31. The van der Waals surface area contributed by atoms with E-state index in [9.17, 15) is 9.59 Å². The van der Waals surface area contributed by atoms with Gasteiger partial charge in [0, 0.05) is 19.5 Å². The molecule has 0 unspecified atom stereocenters. The molecule has 1 atom stereocenters. The number of ether oxygens (including phenoxy) is 1. The molecular formula is C29H41N3O5. The fourth-order valence-corrected chi connectivity index (χ4v) is 5.75. The number of benzene rings is 1. The average Bonchev–Trinajstić information content (AvgIpc) is 3.58. The van der Waals surface area contributed by atoms with E-state index < -0.39 is 5.97 Å². The van der Waals surface area contributed by atoms with Crippen LogP contribution in [0.1, 0.15) is 104 Å². The second-order valence-corrected chi connectivity index (χ2v) is 10.5. The average molecular weight is 512 g/mol. The van der Waals surface area contributed by atoms with Crippen LogP contribution in [0.2, 0.25) is 0 Å². The third-order valence-corrected chi connectivity index (χ3v) is 7.85. The summed E-state index contributed by atoms with van der Waals surface area (Å²) in [6, 6.07) is 5.78. The van der Waals surface area contributed by atoms with Crippen LogP contribution in [0.25, 0.3) is 0 Å². The molecule has 37 heavy (non-hydrogen) atoms. The number of carbonyl (C=O) groups is 2. The van der Waals surface area contributed by atoms with Crippen molar-refractivity contribution in [3.05, 3.63) is 47.2 Å². The van der Waals surface area contributed by atoms with Crippen molar-refractivity contribution in [1.29, 1.82) is 0 Å². The standard InChI is InChI=1S/C29H41N3O5/c1-36-24-14-12-22(13-15-27(33)34)23(18-24)19-32-17-7-11-26(32)29-31-25(20-37-29)28(35)30-16-6-5-10-21-8-3-2-4-9-21/h12,14,18,20-21,26H,2-11,13,15-17,19H2,1H3,(H,30,35)(H,33,34)/t26-/m0/s1. The number of nitrogens with zero attached hydrogens (tertiary/aromatic N) is 2. The third-order valence-electron chi connectivity index (χ3n) is 7.85. The number of hydrogen-bond acceptors (Lipinski definition) is 6. The quantitative estimate of drug-likeness (QED) is 0.341. The van der Waals surface area contributed by atoms with E-state index >= 15 is 0 Å². The lowest BCUT2D eigenvalue weighted by Gasteiger charge is -2.23. The zero-order chi connectivity index (χ0) is 26.0. The maximum Gasteiger partial charge on any atom is 0.303 e. The summed E-state index contributed by atoms with van der Waals surface area (Å²) in [5.74, 6) is 1.20. The van der Waals surface area contributed by atoms with Gasteiger partial charge in [0.15, 0.2) is 5.69 Å². The highest BCUT2D eigenvalue weighted by Crippen LogP contribution is 2.34. The number of oxazole rings is 1. The Morgan fingerprint density at radius 3 is 2.76 bits per heavy atom. The number of nitrogens with one attached hydrogen (secondary N) is 1. The molecule has 2 fully saturated rings. The van der Waals surface area contributed by atoms with Crippen LogP contribution >= 0.6 is 0 Å². The van der Waals surface area contributed by atoms with Gasteiger partial charge in [0.05, 0.1) is 13.2 Å². The van der Waals surface area contributed by atoms with Crippen molar-refractivity contribution in [3.63, 3.8) is 0 Å². The first kappa shape index (κ1) is 27.2. The summed E-state index contributed by atoms with van der Waals surface area (Å²) in [4.78, 5) is 30.6. The Bertz CT molecular complexity index is 1030. The summed E-state index contributed by atoms with van der Waals surface area (Å²) in [6.45, 7) is 2.19. The molecule has 1 aromatic heterocycles. The van der Waals surface area contributed by atoms with Crippen molar-refractivity contribution in [2.75, 3.05) is 20.2 Å². The molecule has 4 rings (SSSR count). The first-order valence-electron chi connectivity index (χ1n) is 13.9.